The van der Waals surface area contributed by atoms with Gasteiger partial charge in [0.1, 0.15) is 0 Å². The monoisotopic (exact) mass is 366 g/mol. The number of carbonyl (C=O) groups is 2. The molecule has 2 aliphatic heterocycles. The van der Waals surface area contributed by atoms with E-state index in [4.69, 9.17) is 4.74 Å². The van der Waals surface area contributed by atoms with Gasteiger partial charge in [0.25, 0.3) is 11.8 Å². The van der Waals surface area contributed by atoms with Crippen LogP contribution < -0.4 is 0 Å². The Bertz CT molecular complexity index is 806. The van der Waals surface area contributed by atoms with Crippen molar-refractivity contribution in [1.29, 1.82) is 0 Å². The molecule has 2 atom stereocenters. The number of ether oxygens (including phenoxy) is 1. The van der Waals surface area contributed by atoms with E-state index in [1.807, 2.05) is 21.9 Å². The van der Waals surface area contributed by atoms with Gasteiger partial charge in [0.2, 0.25) is 0 Å². The molecule has 0 bridgehead atoms. The maximum atomic E-state index is 12.6. The van der Waals surface area contributed by atoms with E-state index in [2.05, 4.69) is 9.97 Å². The van der Waals surface area contributed by atoms with Gasteiger partial charge in [-0.2, -0.15) is 0 Å². The Morgan fingerprint density at radius 3 is 2.48 bits per heavy atom. The fourth-order valence-electron chi connectivity index (χ4n) is 4.03. The van der Waals surface area contributed by atoms with Crippen LogP contribution in [0.15, 0.2) is 49.1 Å². The summed E-state index contributed by atoms with van der Waals surface area (Å²) < 4.78 is 5.42. The van der Waals surface area contributed by atoms with Gasteiger partial charge in [-0.15, -0.1) is 0 Å². The van der Waals surface area contributed by atoms with Crippen molar-refractivity contribution in [2.75, 3.05) is 20.2 Å². The van der Waals surface area contributed by atoms with E-state index in [1.54, 1.807) is 44.0 Å². The number of methoxy groups -OCH3 is 1. The van der Waals surface area contributed by atoms with Crippen molar-refractivity contribution in [3.8, 4) is 0 Å². The largest absolute Gasteiger partial charge is 0.369 e. The Kier molecular flexibility index (Phi) is 4.85. The van der Waals surface area contributed by atoms with E-state index in [0.29, 0.717) is 18.7 Å². The number of nitrogens with zero attached hydrogens (tertiary/aromatic N) is 4. The van der Waals surface area contributed by atoms with Crippen molar-refractivity contribution in [3.05, 3.63) is 60.2 Å². The zero-order chi connectivity index (χ0) is 18.8. The Morgan fingerprint density at radius 2 is 1.85 bits per heavy atom. The average Bonchev–Trinajstić information content (AvgIpc) is 2.73. The smallest absolute Gasteiger partial charge is 0.255 e. The van der Waals surface area contributed by atoms with E-state index >= 15 is 0 Å². The molecule has 4 heterocycles. The van der Waals surface area contributed by atoms with Crippen LogP contribution in [-0.2, 0) is 9.53 Å². The molecular weight excluding hydrogens is 344 g/mol. The number of carbonyl (C=O) groups excluding carboxylic acids is 2. The number of hydrogen-bond donors (Lipinski definition) is 0. The first-order chi connectivity index (χ1) is 13.2. The number of hydrogen-bond acceptors (Lipinski definition) is 5. The molecule has 4 rings (SSSR count). The first-order valence-electron chi connectivity index (χ1n) is 9.15. The van der Waals surface area contributed by atoms with Gasteiger partial charge in [-0.3, -0.25) is 19.6 Å². The summed E-state index contributed by atoms with van der Waals surface area (Å²) in [6.07, 6.45) is 7.80. The second-order valence-electron chi connectivity index (χ2n) is 6.89. The minimum absolute atomic E-state index is 0.00284. The summed E-state index contributed by atoms with van der Waals surface area (Å²) in [6.45, 7) is 1.26. The highest BCUT2D eigenvalue weighted by molar-refractivity contribution is 5.94. The molecule has 0 saturated carbocycles. The molecule has 0 N–H and O–H groups in total. The first kappa shape index (κ1) is 17.6. The summed E-state index contributed by atoms with van der Waals surface area (Å²) in [5, 5.41) is 0. The zero-order valence-electron chi connectivity index (χ0n) is 15.2. The summed E-state index contributed by atoms with van der Waals surface area (Å²) in [5.41, 5.74) is 1.63. The molecule has 2 aromatic heterocycles. The van der Waals surface area contributed by atoms with Crippen molar-refractivity contribution in [2.45, 2.75) is 31.0 Å². The lowest BCUT2D eigenvalue weighted by molar-refractivity contribution is -0.178. The van der Waals surface area contributed by atoms with Gasteiger partial charge in [0, 0.05) is 51.0 Å². The van der Waals surface area contributed by atoms with Gasteiger partial charge in [-0.25, -0.2) is 0 Å². The summed E-state index contributed by atoms with van der Waals surface area (Å²) in [7, 11) is 1.57. The summed E-state index contributed by atoms with van der Waals surface area (Å²) >= 11 is 0. The quantitative estimate of drug-likeness (QED) is 0.770. The Balaban J connectivity index is 1.44. The third-order valence-corrected chi connectivity index (χ3v) is 5.44. The molecule has 2 saturated heterocycles. The number of likely N-dealkylation sites (tertiary alicyclic amines) is 2. The van der Waals surface area contributed by atoms with E-state index in [0.717, 1.165) is 18.4 Å². The first-order valence-corrected chi connectivity index (χ1v) is 9.15. The highest BCUT2D eigenvalue weighted by Gasteiger charge is 2.51. The van der Waals surface area contributed by atoms with Gasteiger partial charge in [0.05, 0.1) is 11.6 Å². The van der Waals surface area contributed by atoms with Crippen LogP contribution in [0.1, 0.15) is 34.8 Å². The number of amides is 2. The number of β-lactam (4-membered cyclic amide) rings is 1. The predicted octanol–water partition coefficient (Wildman–Crippen LogP) is 1.68. The lowest BCUT2D eigenvalue weighted by Crippen LogP contribution is -2.64. The minimum Gasteiger partial charge on any atom is -0.369 e. The average molecular weight is 366 g/mol. The zero-order valence-corrected chi connectivity index (χ0v) is 15.2. The van der Waals surface area contributed by atoms with Crippen molar-refractivity contribution in [2.24, 2.45) is 0 Å². The maximum Gasteiger partial charge on any atom is 0.255 e. The van der Waals surface area contributed by atoms with Crippen LogP contribution in [0, 0.1) is 0 Å². The second-order valence-corrected chi connectivity index (χ2v) is 6.89. The molecule has 0 spiro atoms. The number of pyridine rings is 2. The number of rotatable bonds is 4. The van der Waals surface area contributed by atoms with Gasteiger partial charge in [-0.1, -0.05) is 0 Å². The highest BCUT2D eigenvalue weighted by atomic mass is 16.5. The van der Waals surface area contributed by atoms with Crippen LogP contribution >= 0.6 is 0 Å². The van der Waals surface area contributed by atoms with Gasteiger partial charge >= 0.3 is 0 Å². The molecule has 7 heteroatoms. The van der Waals surface area contributed by atoms with Crippen LogP contribution in [0.4, 0.5) is 0 Å². The molecule has 7 nitrogen and oxygen atoms in total. The Hall–Kier alpha value is -2.80. The molecule has 0 radical (unpaired) electrons. The van der Waals surface area contributed by atoms with Crippen molar-refractivity contribution in [1.82, 2.24) is 19.8 Å². The summed E-state index contributed by atoms with van der Waals surface area (Å²) in [6, 6.07) is 7.43. The van der Waals surface area contributed by atoms with Gasteiger partial charge in [-0.05, 0) is 42.7 Å². The fourth-order valence-corrected chi connectivity index (χ4v) is 4.03. The fraction of sp³-hybridized carbons (Fsp3) is 0.400. The molecule has 27 heavy (non-hydrogen) atoms. The number of piperidine rings is 1. The topological polar surface area (TPSA) is 75.6 Å². The molecule has 2 fully saturated rings. The standard InChI is InChI=1S/C20H22N4O3/c1-27-18-17(14-4-9-21-10-5-14)24(20(18)26)16-6-11-23(12-7-16)19(25)15-3-2-8-22-13-15/h2-5,8-10,13,16-18H,6-7,11-12H2,1H3/t17-,18+/m0/s1. The van der Waals surface area contributed by atoms with E-state index in [-0.39, 0.29) is 23.9 Å². The van der Waals surface area contributed by atoms with Gasteiger partial charge in [0.15, 0.2) is 6.10 Å². The molecular formula is C20H22N4O3. The van der Waals surface area contributed by atoms with Crippen LogP contribution in [-0.4, -0.2) is 63.9 Å². The maximum absolute atomic E-state index is 12.6. The molecule has 2 aliphatic rings. The normalized spacial score (nSPS) is 23.2. The second kappa shape index (κ2) is 7.44. The SMILES string of the molecule is CO[C@H]1C(=O)N(C2CCN(C(=O)c3cccnc3)CC2)[C@H]1c1ccncc1. The molecule has 2 amide bonds. The molecule has 0 aliphatic carbocycles. The lowest BCUT2D eigenvalue weighted by Gasteiger charge is -2.52. The van der Waals surface area contributed by atoms with Crippen LogP contribution in [0.5, 0.6) is 0 Å². The van der Waals surface area contributed by atoms with Crippen LogP contribution in [0.2, 0.25) is 0 Å². The molecule has 0 unspecified atom stereocenters. The van der Waals surface area contributed by atoms with E-state index in [9.17, 15) is 9.59 Å². The Labute approximate surface area is 158 Å². The molecule has 140 valence electrons. The minimum atomic E-state index is -0.442. The van der Waals surface area contributed by atoms with Crippen molar-refractivity contribution in [3.63, 3.8) is 0 Å². The summed E-state index contributed by atoms with van der Waals surface area (Å²) in [5.74, 6) is 0.0216. The summed E-state index contributed by atoms with van der Waals surface area (Å²) in [4.78, 5) is 37.0. The van der Waals surface area contributed by atoms with Gasteiger partial charge < -0.3 is 14.5 Å². The number of aromatic nitrogens is 2. The lowest BCUT2D eigenvalue weighted by atomic mass is 9.86. The van der Waals surface area contributed by atoms with Crippen molar-refractivity contribution >= 4 is 11.8 Å². The third kappa shape index (κ3) is 3.19. The Morgan fingerprint density at radius 1 is 1.11 bits per heavy atom. The van der Waals surface area contributed by atoms with E-state index in [1.165, 1.54) is 0 Å². The van der Waals surface area contributed by atoms with Crippen LogP contribution in [0.25, 0.3) is 0 Å². The van der Waals surface area contributed by atoms with E-state index < -0.39 is 6.10 Å². The van der Waals surface area contributed by atoms with Crippen LogP contribution in [0.3, 0.4) is 0 Å². The molecule has 0 aromatic carbocycles. The predicted molar refractivity (Wildman–Crippen MR) is 97.8 cm³/mol. The molecule has 2 aromatic rings. The van der Waals surface area contributed by atoms with Crippen molar-refractivity contribution < 1.29 is 14.3 Å². The third-order valence-electron chi connectivity index (χ3n) is 5.44. The highest BCUT2D eigenvalue weighted by Crippen LogP contribution is 2.40.